The minimum absolute atomic E-state index is 0.0392. The first kappa shape index (κ1) is 12.8. The number of aromatic nitrogens is 3. The van der Waals surface area contributed by atoms with Gasteiger partial charge in [-0.25, -0.2) is 4.68 Å². The van der Waals surface area contributed by atoms with Crippen LogP contribution in [0.25, 0.3) is 0 Å². The van der Waals surface area contributed by atoms with Crippen molar-refractivity contribution in [3.8, 4) is 5.75 Å². The van der Waals surface area contributed by atoms with Crippen LogP contribution >= 0.6 is 15.9 Å². The van der Waals surface area contributed by atoms with E-state index in [2.05, 4.69) is 26.2 Å². The number of nitrogens with zero attached hydrogens (tertiary/aromatic N) is 3. The summed E-state index contributed by atoms with van der Waals surface area (Å²) in [5.41, 5.74) is 1.37. The highest BCUT2D eigenvalue weighted by Crippen LogP contribution is 2.17. The van der Waals surface area contributed by atoms with Crippen LogP contribution in [0.1, 0.15) is 16.1 Å². The summed E-state index contributed by atoms with van der Waals surface area (Å²) in [5, 5.41) is 7.58. The van der Waals surface area contributed by atoms with Crippen molar-refractivity contribution in [1.82, 2.24) is 15.0 Å². The SMILES string of the molecule is COc1cccc(CC(=O)c2c(Br)nnn2C)c1. The number of halogens is 1. The molecular formula is C12H12BrN3O2. The van der Waals surface area contributed by atoms with E-state index in [-0.39, 0.29) is 12.2 Å². The molecule has 18 heavy (non-hydrogen) atoms. The molecule has 0 bridgehead atoms. The zero-order valence-corrected chi connectivity index (χ0v) is 11.6. The molecule has 0 aliphatic rings. The van der Waals surface area contributed by atoms with Gasteiger partial charge in [0.05, 0.1) is 7.11 Å². The maximum atomic E-state index is 12.1. The minimum Gasteiger partial charge on any atom is -0.497 e. The largest absolute Gasteiger partial charge is 0.497 e. The van der Waals surface area contributed by atoms with Gasteiger partial charge in [-0.1, -0.05) is 17.3 Å². The van der Waals surface area contributed by atoms with E-state index in [1.165, 1.54) is 4.68 Å². The molecule has 94 valence electrons. The van der Waals surface area contributed by atoms with E-state index in [0.29, 0.717) is 10.3 Å². The number of ketones is 1. The van der Waals surface area contributed by atoms with E-state index in [1.54, 1.807) is 14.2 Å². The number of aryl methyl sites for hydroxylation is 1. The minimum atomic E-state index is -0.0392. The molecule has 0 fully saturated rings. The van der Waals surface area contributed by atoms with Crippen molar-refractivity contribution in [2.45, 2.75) is 6.42 Å². The Morgan fingerprint density at radius 2 is 2.28 bits per heavy atom. The number of hydrogen-bond donors (Lipinski definition) is 0. The highest BCUT2D eigenvalue weighted by molar-refractivity contribution is 9.10. The Morgan fingerprint density at radius 1 is 1.50 bits per heavy atom. The van der Waals surface area contributed by atoms with E-state index >= 15 is 0 Å². The van der Waals surface area contributed by atoms with Gasteiger partial charge in [-0.05, 0) is 33.6 Å². The third-order valence-corrected chi connectivity index (χ3v) is 3.08. The van der Waals surface area contributed by atoms with Gasteiger partial charge in [0.15, 0.2) is 10.4 Å². The predicted octanol–water partition coefficient (Wildman–Crippen LogP) is 2.01. The van der Waals surface area contributed by atoms with Crippen molar-refractivity contribution in [2.75, 3.05) is 7.11 Å². The van der Waals surface area contributed by atoms with Gasteiger partial charge in [-0.2, -0.15) is 0 Å². The van der Waals surface area contributed by atoms with Gasteiger partial charge in [-0.15, -0.1) is 5.10 Å². The molecule has 2 rings (SSSR count). The molecule has 0 amide bonds. The quantitative estimate of drug-likeness (QED) is 0.811. The number of benzene rings is 1. The lowest BCUT2D eigenvalue weighted by Gasteiger charge is -2.04. The summed E-state index contributed by atoms with van der Waals surface area (Å²) in [6.45, 7) is 0. The molecule has 0 atom stereocenters. The van der Waals surface area contributed by atoms with Crippen molar-refractivity contribution >= 4 is 21.7 Å². The van der Waals surface area contributed by atoms with Crippen LogP contribution in [0.5, 0.6) is 5.75 Å². The Kier molecular flexibility index (Phi) is 3.76. The third kappa shape index (κ3) is 2.59. The molecule has 2 aromatic rings. The van der Waals surface area contributed by atoms with E-state index in [9.17, 15) is 4.79 Å². The molecule has 0 N–H and O–H groups in total. The number of carbonyl (C=O) groups is 1. The van der Waals surface area contributed by atoms with Crippen LogP contribution in [0, 0.1) is 0 Å². The average Bonchev–Trinajstić information content (AvgIpc) is 2.69. The monoisotopic (exact) mass is 309 g/mol. The summed E-state index contributed by atoms with van der Waals surface area (Å²) in [7, 11) is 3.29. The summed E-state index contributed by atoms with van der Waals surface area (Å²) in [6.07, 6.45) is 0.289. The van der Waals surface area contributed by atoms with Crippen LogP contribution in [-0.4, -0.2) is 27.9 Å². The normalized spacial score (nSPS) is 10.4. The first-order valence-corrected chi connectivity index (χ1v) is 6.12. The van der Waals surface area contributed by atoms with E-state index in [0.717, 1.165) is 11.3 Å². The zero-order valence-electron chi connectivity index (χ0n) is 10.1. The van der Waals surface area contributed by atoms with Gasteiger partial charge in [-0.3, -0.25) is 4.79 Å². The van der Waals surface area contributed by atoms with Crippen LogP contribution in [0.15, 0.2) is 28.9 Å². The Labute approximate surface area is 113 Å². The van der Waals surface area contributed by atoms with Gasteiger partial charge in [0.2, 0.25) is 0 Å². The fourth-order valence-electron chi connectivity index (χ4n) is 1.68. The van der Waals surface area contributed by atoms with Crippen molar-refractivity contribution in [3.05, 3.63) is 40.1 Å². The van der Waals surface area contributed by atoms with Crippen LogP contribution in [0.4, 0.5) is 0 Å². The second-order valence-electron chi connectivity index (χ2n) is 3.80. The first-order valence-electron chi connectivity index (χ1n) is 5.33. The smallest absolute Gasteiger partial charge is 0.188 e. The lowest BCUT2D eigenvalue weighted by molar-refractivity contribution is 0.0983. The van der Waals surface area contributed by atoms with Gasteiger partial charge in [0.25, 0.3) is 0 Å². The molecule has 0 saturated carbocycles. The Bertz CT molecular complexity index is 561. The number of ether oxygens (including phenoxy) is 1. The molecule has 1 aromatic heterocycles. The first-order chi connectivity index (χ1) is 8.61. The number of carbonyl (C=O) groups excluding carboxylic acids is 1. The van der Waals surface area contributed by atoms with Crippen molar-refractivity contribution < 1.29 is 9.53 Å². The van der Waals surface area contributed by atoms with Crippen LogP contribution < -0.4 is 4.74 Å². The predicted molar refractivity (Wildman–Crippen MR) is 69.7 cm³/mol. The van der Waals surface area contributed by atoms with E-state index < -0.39 is 0 Å². The second-order valence-corrected chi connectivity index (χ2v) is 4.56. The fourth-order valence-corrected chi connectivity index (χ4v) is 2.23. The third-order valence-electron chi connectivity index (χ3n) is 2.55. The molecule has 1 aromatic carbocycles. The number of methoxy groups -OCH3 is 1. The highest BCUT2D eigenvalue weighted by Gasteiger charge is 2.17. The molecule has 0 unspecified atom stereocenters. The molecule has 0 saturated heterocycles. The molecule has 0 radical (unpaired) electrons. The van der Waals surface area contributed by atoms with Crippen molar-refractivity contribution in [1.29, 1.82) is 0 Å². The maximum Gasteiger partial charge on any atom is 0.188 e. The Balaban J connectivity index is 2.21. The summed E-state index contributed by atoms with van der Waals surface area (Å²) in [4.78, 5) is 12.1. The number of rotatable bonds is 4. The zero-order chi connectivity index (χ0) is 13.1. The molecule has 1 heterocycles. The molecule has 6 heteroatoms. The number of Topliss-reactive ketones (excluding diaryl/α,β-unsaturated/α-hetero) is 1. The maximum absolute atomic E-state index is 12.1. The average molecular weight is 310 g/mol. The van der Waals surface area contributed by atoms with Crippen LogP contribution in [0.3, 0.4) is 0 Å². The standard InChI is InChI=1S/C12H12BrN3O2/c1-16-11(12(13)14-15-16)10(17)7-8-4-3-5-9(6-8)18-2/h3-6H,7H2,1-2H3. The highest BCUT2D eigenvalue weighted by atomic mass is 79.9. The topological polar surface area (TPSA) is 57.0 Å². The summed E-state index contributed by atoms with van der Waals surface area (Å²) >= 11 is 3.22. The summed E-state index contributed by atoms with van der Waals surface area (Å²) in [5.74, 6) is 0.699. The van der Waals surface area contributed by atoms with Gasteiger partial charge < -0.3 is 4.74 Å². The molecule has 5 nitrogen and oxygen atoms in total. The van der Waals surface area contributed by atoms with E-state index in [1.807, 2.05) is 24.3 Å². The molecule has 0 spiro atoms. The molecule has 0 aliphatic heterocycles. The van der Waals surface area contributed by atoms with Crippen LogP contribution in [-0.2, 0) is 13.5 Å². The lowest BCUT2D eigenvalue weighted by atomic mass is 10.1. The van der Waals surface area contributed by atoms with Crippen molar-refractivity contribution in [2.24, 2.45) is 7.05 Å². The van der Waals surface area contributed by atoms with Gasteiger partial charge >= 0.3 is 0 Å². The fraction of sp³-hybridized carbons (Fsp3) is 0.250. The number of hydrogen-bond acceptors (Lipinski definition) is 4. The summed E-state index contributed by atoms with van der Waals surface area (Å²) < 4.78 is 7.06. The summed E-state index contributed by atoms with van der Waals surface area (Å²) in [6, 6.07) is 7.43. The Morgan fingerprint density at radius 3 is 2.89 bits per heavy atom. The second kappa shape index (κ2) is 5.30. The molecular weight excluding hydrogens is 298 g/mol. The lowest BCUT2D eigenvalue weighted by Crippen LogP contribution is -2.10. The Hall–Kier alpha value is -1.69. The van der Waals surface area contributed by atoms with Crippen LogP contribution in [0.2, 0.25) is 0 Å². The van der Waals surface area contributed by atoms with E-state index in [4.69, 9.17) is 4.74 Å². The van der Waals surface area contributed by atoms with Crippen molar-refractivity contribution in [3.63, 3.8) is 0 Å². The molecule has 0 aliphatic carbocycles. The van der Waals surface area contributed by atoms with Gasteiger partial charge in [0, 0.05) is 13.5 Å². The van der Waals surface area contributed by atoms with Gasteiger partial charge in [0.1, 0.15) is 11.4 Å².